The Kier molecular flexibility index (Phi) is 5.76. The zero-order valence-corrected chi connectivity index (χ0v) is 22.1. The lowest BCUT2D eigenvalue weighted by molar-refractivity contribution is -0.127. The average Bonchev–Trinajstić information content (AvgIpc) is 3.48. The molecule has 2 amide bonds. The summed E-state index contributed by atoms with van der Waals surface area (Å²) in [7, 11) is 0. The molecule has 7 nitrogen and oxygen atoms in total. The van der Waals surface area contributed by atoms with Gasteiger partial charge in [0.2, 0.25) is 5.91 Å². The Morgan fingerprint density at radius 2 is 1.85 bits per heavy atom. The third kappa shape index (κ3) is 3.94. The van der Waals surface area contributed by atoms with E-state index in [4.69, 9.17) is 4.99 Å². The molecule has 2 spiro atoms. The van der Waals surface area contributed by atoms with Gasteiger partial charge < -0.3 is 15.5 Å². The maximum absolute atomic E-state index is 13.6. The van der Waals surface area contributed by atoms with Crippen molar-refractivity contribution in [2.24, 2.45) is 10.4 Å². The third-order valence-corrected chi connectivity index (χ3v) is 9.03. The highest BCUT2D eigenvalue weighted by molar-refractivity contribution is 6.46. The highest BCUT2D eigenvalue weighted by Crippen LogP contribution is 2.47. The predicted molar refractivity (Wildman–Crippen MR) is 151 cm³/mol. The van der Waals surface area contributed by atoms with E-state index in [-0.39, 0.29) is 11.8 Å². The van der Waals surface area contributed by atoms with E-state index in [1.165, 1.54) is 24.0 Å². The molecule has 2 aromatic rings. The van der Waals surface area contributed by atoms with Gasteiger partial charge in [-0.25, -0.2) is 4.99 Å². The molecule has 0 saturated heterocycles. The summed E-state index contributed by atoms with van der Waals surface area (Å²) in [4.78, 5) is 38.2. The molecule has 7 rings (SSSR count). The Morgan fingerprint density at radius 1 is 1.00 bits per heavy atom. The van der Waals surface area contributed by atoms with Gasteiger partial charge in [0.15, 0.2) is 5.71 Å². The van der Waals surface area contributed by atoms with Crippen molar-refractivity contribution in [2.75, 3.05) is 13.1 Å². The van der Waals surface area contributed by atoms with Gasteiger partial charge in [-0.3, -0.25) is 14.6 Å². The van der Waals surface area contributed by atoms with Crippen LogP contribution in [0.15, 0.2) is 77.2 Å². The molecule has 1 unspecified atom stereocenters. The van der Waals surface area contributed by atoms with Crippen LogP contribution in [0, 0.1) is 5.41 Å². The first kappa shape index (κ1) is 24.1. The van der Waals surface area contributed by atoms with Crippen molar-refractivity contribution in [3.05, 3.63) is 94.6 Å². The smallest absolute Gasteiger partial charge is 0.276 e. The van der Waals surface area contributed by atoms with Crippen molar-refractivity contribution in [2.45, 2.75) is 57.0 Å². The topological polar surface area (TPSA) is 86.7 Å². The number of rotatable bonds is 4. The van der Waals surface area contributed by atoms with Crippen molar-refractivity contribution in [3.63, 3.8) is 0 Å². The molecule has 0 radical (unpaired) electrons. The van der Waals surface area contributed by atoms with Gasteiger partial charge in [0.1, 0.15) is 11.5 Å². The van der Waals surface area contributed by atoms with E-state index in [9.17, 15) is 9.59 Å². The monoisotopic (exact) mass is 519 g/mol. The van der Waals surface area contributed by atoms with Crippen LogP contribution in [-0.4, -0.2) is 46.2 Å². The molecule has 1 atom stereocenters. The summed E-state index contributed by atoms with van der Waals surface area (Å²) in [5.41, 5.74) is 4.77. The van der Waals surface area contributed by atoms with E-state index >= 15 is 0 Å². The second-order valence-corrected chi connectivity index (χ2v) is 11.4. The standard InChI is InChI=1S/C32H33N5O2/c38-29-27(26-11-3-6-16-33-26)36-32(14-4-1-2-5-15-32)37(29)18-8-9-22-12-13-23-20-31(21-24(23)19-22)25-10-7-17-34-28(25)35-30(31)39/h3,6-13,16,19,34H,1-2,4-5,14-15,17-18,20-21H2,(H,35,39)/b9-8+. The first-order chi connectivity index (χ1) is 19.1. The molecule has 7 heteroatoms. The molecule has 2 N–H and O–H groups in total. The van der Waals surface area contributed by atoms with Crippen LogP contribution in [0.2, 0.25) is 0 Å². The number of hydrogen-bond donors (Lipinski definition) is 2. The molecular formula is C32H33N5O2. The molecule has 1 aromatic carbocycles. The molecular weight excluding hydrogens is 486 g/mol. The number of dihydropyridines is 1. The SMILES string of the molecule is O=C1C(c2ccccn2)=NC2(CCCCCC2)N1C/C=C/c1ccc2c(c1)CC1(C2)C(=O)NC2=C1C=CCN2. The lowest BCUT2D eigenvalue weighted by Gasteiger charge is -2.35. The normalized spacial score (nSPS) is 25.2. The minimum atomic E-state index is -0.517. The molecule has 3 aliphatic heterocycles. The van der Waals surface area contributed by atoms with Crippen LogP contribution < -0.4 is 10.6 Å². The van der Waals surface area contributed by atoms with Crippen molar-refractivity contribution in [1.82, 2.24) is 20.5 Å². The summed E-state index contributed by atoms with van der Waals surface area (Å²) >= 11 is 0. The van der Waals surface area contributed by atoms with E-state index in [0.29, 0.717) is 24.4 Å². The maximum atomic E-state index is 13.6. The summed E-state index contributed by atoms with van der Waals surface area (Å²) in [6, 6.07) is 12.1. The summed E-state index contributed by atoms with van der Waals surface area (Å²) < 4.78 is 0. The van der Waals surface area contributed by atoms with Gasteiger partial charge in [-0.2, -0.15) is 0 Å². The molecule has 2 aliphatic carbocycles. The molecule has 4 heterocycles. The van der Waals surface area contributed by atoms with E-state index in [0.717, 1.165) is 55.6 Å². The number of aromatic nitrogens is 1. The summed E-state index contributed by atoms with van der Waals surface area (Å²) in [5, 5.41) is 6.37. The first-order valence-electron chi connectivity index (χ1n) is 14.2. The number of aliphatic imine (C=N–C) groups is 1. The van der Waals surface area contributed by atoms with E-state index in [2.05, 4.69) is 58.1 Å². The number of carbonyl (C=O) groups is 2. The Labute approximate surface area is 228 Å². The molecule has 1 fully saturated rings. The van der Waals surface area contributed by atoms with Crippen molar-refractivity contribution < 1.29 is 9.59 Å². The van der Waals surface area contributed by atoms with Gasteiger partial charge in [0.25, 0.3) is 5.91 Å². The van der Waals surface area contributed by atoms with Crippen LogP contribution in [0.1, 0.15) is 60.9 Å². The maximum Gasteiger partial charge on any atom is 0.276 e. The highest BCUT2D eigenvalue weighted by Gasteiger charge is 2.51. The van der Waals surface area contributed by atoms with Crippen LogP contribution in [0.25, 0.3) is 6.08 Å². The quantitative estimate of drug-likeness (QED) is 0.638. The van der Waals surface area contributed by atoms with Crippen LogP contribution in [0.3, 0.4) is 0 Å². The predicted octanol–water partition coefficient (Wildman–Crippen LogP) is 4.06. The Bertz CT molecular complexity index is 1460. The summed E-state index contributed by atoms with van der Waals surface area (Å²) in [6.45, 7) is 1.25. The minimum Gasteiger partial charge on any atom is -0.368 e. The number of allylic oxidation sites excluding steroid dienone is 1. The number of fused-ring (bicyclic) bond motifs is 2. The van der Waals surface area contributed by atoms with Gasteiger partial charge >= 0.3 is 0 Å². The van der Waals surface area contributed by atoms with Crippen LogP contribution in [-0.2, 0) is 22.4 Å². The molecule has 198 valence electrons. The van der Waals surface area contributed by atoms with Gasteiger partial charge in [0.05, 0.1) is 11.1 Å². The van der Waals surface area contributed by atoms with Crippen LogP contribution >= 0.6 is 0 Å². The Hall–Kier alpha value is -4.00. The third-order valence-electron chi connectivity index (χ3n) is 9.03. The number of carbonyl (C=O) groups excluding carboxylic acids is 2. The number of nitrogens with one attached hydrogen (secondary N) is 2. The zero-order chi connectivity index (χ0) is 26.5. The Balaban J connectivity index is 1.12. The lowest BCUT2D eigenvalue weighted by Crippen LogP contribution is -2.46. The fourth-order valence-electron chi connectivity index (χ4n) is 7.06. The van der Waals surface area contributed by atoms with Crippen LogP contribution in [0.5, 0.6) is 0 Å². The largest absolute Gasteiger partial charge is 0.368 e. The number of hydrogen-bond acceptors (Lipinski definition) is 5. The van der Waals surface area contributed by atoms with Crippen molar-refractivity contribution >= 4 is 23.6 Å². The molecule has 1 aromatic heterocycles. The number of amides is 2. The van der Waals surface area contributed by atoms with Crippen molar-refractivity contribution in [3.8, 4) is 0 Å². The summed E-state index contributed by atoms with van der Waals surface area (Å²) in [6.07, 6.45) is 17.9. The Morgan fingerprint density at radius 3 is 2.67 bits per heavy atom. The average molecular weight is 520 g/mol. The van der Waals surface area contributed by atoms with Gasteiger partial charge in [0, 0.05) is 24.9 Å². The fraction of sp³-hybridized carbons (Fsp3) is 0.375. The zero-order valence-electron chi connectivity index (χ0n) is 22.1. The molecule has 39 heavy (non-hydrogen) atoms. The van der Waals surface area contributed by atoms with Gasteiger partial charge in [-0.05, 0) is 67.3 Å². The second kappa shape index (κ2) is 9.33. The highest BCUT2D eigenvalue weighted by atomic mass is 16.2. The van der Waals surface area contributed by atoms with E-state index in [1.807, 2.05) is 23.1 Å². The first-order valence-corrected chi connectivity index (χ1v) is 14.2. The van der Waals surface area contributed by atoms with Gasteiger partial charge in [-0.1, -0.05) is 61.4 Å². The number of benzene rings is 1. The lowest BCUT2D eigenvalue weighted by atomic mass is 9.78. The summed E-state index contributed by atoms with van der Waals surface area (Å²) in [5.74, 6) is 0.928. The fourth-order valence-corrected chi connectivity index (χ4v) is 7.06. The van der Waals surface area contributed by atoms with Gasteiger partial charge in [-0.15, -0.1) is 0 Å². The van der Waals surface area contributed by atoms with Crippen molar-refractivity contribution in [1.29, 1.82) is 0 Å². The second-order valence-electron chi connectivity index (χ2n) is 11.4. The van der Waals surface area contributed by atoms with Crippen LogP contribution in [0.4, 0.5) is 0 Å². The molecule has 5 aliphatic rings. The number of nitrogens with zero attached hydrogens (tertiary/aromatic N) is 3. The minimum absolute atomic E-state index is 0.0263. The molecule has 0 bridgehead atoms. The number of pyridine rings is 1. The molecule has 1 saturated carbocycles. The van der Waals surface area contributed by atoms with E-state index < -0.39 is 11.1 Å². The van der Waals surface area contributed by atoms with E-state index in [1.54, 1.807) is 6.20 Å².